The maximum Gasteiger partial charge on any atom is 0.434 e. The van der Waals surface area contributed by atoms with Crippen LogP contribution in [-0.2, 0) is 18.0 Å². The molecule has 1 aliphatic heterocycles. The number of aromatic nitrogens is 3. The monoisotopic (exact) mass is 346 g/mol. The number of aryl methyl sites for hydroxylation is 1. The Morgan fingerprint density at radius 3 is 2.70 bits per heavy atom. The molecule has 9 heteroatoms. The van der Waals surface area contributed by atoms with E-state index in [0.29, 0.717) is 13.2 Å². The van der Waals surface area contributed by atoms with Gasteiger partial charge in [0.2, 0.25) is 0 Å². The zero-order valence-corrected chi connectivity index (χ0v) is 13.3. The van der Waals surface area contributed by atoms with Gasteiger partial charge in [0.25, 0.3) is 0 Å². The number of halogens is 3. The molecule has 23 heavy (non-hydrogen) atoms. The van der Waals surface area contributed by atoms with Gasteiger partial charge in [-0.15, -0.1) is 11.3 Å². The van der Waals surface area contributed by atoms with Crippen LogP contribution in [-0.4, -0.2) is 27.7 Å². The van der Waals surface area contributed by atoms with Crippen LogP contribution in [0.1, 0.15) is 30.4 Å². The first-order valence-corrected chi connectivity index (χ1v) is 8.17. The Morgan fingerprint density at radius 1 is 1.39 bits per heavy atom. The third-order valence-corrected chi connectivity index (χ3v) is 4.72. The van der Waals surface area contributed by atoms with Crippen molar-refractivity contribution < 1.29 is 17.9 Å². The summed E-state index contributed by atoms with van der Waals surface area (Å²) in [5.41, 5.74) is -0.865. The van der Waals surface area contributed by atoms with Crippen LogP contribution < -0.4 is 5.32 Å². The van der Waals surface area contributed by atoms with Crippen LogP contribution in [0.4, 0.5) is 18.3 Å². The van der Waals surface area contributed by atoms with E-state index < -0.39 is 11.9 Å². The van der Waals surface area contributed by atoms with E-state index in [0.717, 1.165) is 35.4 Å². The highest BCUT2D eigenvalue weighted by Gasteiger charge is 2.35. The number of anilines is 1. The van der Waals surface area contributed by atoms with Crippen LogP contribution in [0.5, 0.6) is 0 Å². The predicted octanol–water partition coefficient (Wildman–Crippen LogP) is 3.48. The van der Waals surface area contributed by atoms with Gasteiger partial charge < -0.3 is 14.6 Å². The minimum Gasteiger partial charge on any atom is -0.381 e. The first kappa shape index (κ1) is 16.3. The summed E-state index contributed by atoms with van der Waals surface area (Å²) in [4.78, 5) is 8.03. The Hall–Kier alpha value is -1.61. The van der Waals surface area contributed by atoms with Crippen molar-refractivity contribution in [2.24, 2.45) is 13.0 Å². The molecular formula is C14H17F3N4OS. The summed E-state index contributed by atoms with van der Waals surface area (Å²) in [7, 11) is 1.87. The summed E-state index contributed by atoms with van der Waals surface area (Å²) in [5, 5.41) is 4.44. The number of hydrogen-bond donors (Lipinski definition) is 1. The van der Waals surface area contributed by atoms with Crippen LogP contribution in [0.25, 0.3) is 0 Å². The van der Waals surface area contributed by atoms with Gasteiger partial charge in [-0.2, -0.15) is 13.2 Å². The molecule has 5 nitrogen and oxygen atoms in total. The molecule has 3 rings (SSSR count). The van der Waals surface area contributed by atoms with Crippen molar-refractivity contribution in [1.29, 1.82) is 0 Å². The van der Waals surface area contributed by atoms with Gasteiger partial charge in [0.1, 0.15) is 5.82 Å². The Bertz CT molecular complexity index is 648. The van der Waals surface area contributed by atoms with E-state index in [-0.39, 0.29) is 17.1 Å². The number of nitrogens with zero attached hydrogens (tertiary/aromatic N) is 3. The lowest BCUT2D eigenvalue weighted by Gasteiger charge is -2.30. The number of imidazole rings is 1. The number of hydrogen-bond acceptors (Lipinski definition) is 5. The second-order valence-electron chi connectivity index (χ2n) is 5.50. The van der Waals surface area contributed by atoms with Gasteiger partial charge in [-0.05, 0) is 18.8 Å². The molecule has 0 aliphatic carbocycles. The molecule has 2 aromatic rings. The largest absolute Gasteiger partial charge is 0.434 e. The van der Waals surface area contributed by atoms with Gasteiger partial charge in [-0.25, -0.2) is 9.97 Å². The van der Waals surface area contributed by atoms with E-state index in [1.807, 2.05) is 17.8 Å². The molecule has 1 unspecified atom stereocenters. The van der Waals surface area contributed by atoms with E-state index >= 15 is 0 Å². The van der Waals surface area contributed by atoms with Gasteiger partial charge in [0.05, 0.1) is 6.04 Å². The molecule has 0 amide bonds. The molecule has 0 saturated carbocycles. The molecule has 1 aliphatic rings. The van der Waals surface area contributed by atoms with Crippen molar-refractivity contribution in [3.63, 3.8) is 0 Å². The van der Waals surface area contributed by atoms with E-state index in [1.54, 1.807) is 6.20 Å². The van der Waals surface area contributed by atoms with Crippen LogP contribution in [0, 0.1) is 5.92 Å². The second kappa shape index (κ2) is 6.48. The SMILES string of the molecule is Cn1ccnc1C(Nc1nc(C(F)(F)F)cs1)C1CCOCC1. The molecule has 3 heterocycles. The predicted molar refractivity (Wildman–Crippen MR) is 80.2 cm³/mol. The lowest BCUT2D eigenvalue weighted by atomic mass is 9.91. The van der Waals surface area contributed by atoms with Crippen LogP contribution in [0.15, 0.2) is 17.8 Å². The van der Waals surface area contributed by atoms with Crippen molar-refractivity contribution >= 4 is 16.5 Å². The van der Waals surface area contributed by atoms with Gasteiger partial charge in [-0.1, -0.05) is 0 Å². The average molecular weight is 346 g/mol. The number of ether oxygens (including phenoxy) is 1. The fraction of sp³-hybridized carbons (Fsp3) is 0.571. The first-order chi connectivity index (χ1) is 10.9. The van der Waals surface area contributed by atoms with Crippen molar-refractivity contribution in [2.75, 3.05) is 18.5 Å². The molecule has 1 saturated heterocycles. The standard InChI is InChI=1S/C14H17F3N4OS/c1-21-5-4-18-12(21)11(9-2-6-22-7-3-9)20-13-19-10(8-23-13)14(15,16)17/h4-5,8-9,11H,2-3,6-7H2,1H3,(H,19,20). The first-order valence-electron chi connectivity index (χ1n) is 7.29. The topological polar surface area (TPSA) is 52.0 Å². The highest BCUT2D eigenvalue weighted by Crippen LogP contribution is 2.36. The summed E-state index contributed by atoms with van der Waals surface area (Å²) in [6.07, 6.45) is 0.760. The Balaban J connectivity index is 1.84. The lowest BCUT2D eigenvalue weighted by Crippen LogP contribution is -2.29. The zero-order chi connectivity index (χ0) is 16.4. The fourth-order valence-corrected chi connectivity index (χ4v) is 3.48. The zero-order valence-electron chi connectivity index (χ0n) is 12.5. The molecule has 0 aromatic carbocycles. The summed E-state index contributed by atoms with van der Waals surface area (Å²) in [6, 6.07) is -0.189. The fourth-order valence-electron chi connectivity index (χ4n) is 2.72. The molecule has 0 bridgehead atoms. The molecule has 1 N–H and O–H groups in total. The molecule has 2 aromatic heterocycles. The third kappa shape index (κ3) is 3.66. The molecule has 0 spiro atoms. The highest BCUT2D eigenvalue weighted by atomic mass is 32.1. The maximum absolute atomic E-state index is 12.7. The Labute approximate surface area is 135 Å². The summed E-state index contributed by atoms with van der Waals surface area (Å²) < 4.78 is 45.4. The van der Waals surface area contributed by atoms with Gasteiger partial charge in [-0.3, -0.25) is 0 Å². The van der Waals surface area contributed by atoms with Crippen LogP contribution in [0.3, 0.4) is 0 Å². The molecule has 1 fully saturated rings. The average Bonchev–Trinajstić information content (AvgIpc) is 3.14. The summed E-state index contributed by atoms with van der Waals surface area (Å²) in [6.45, 7) is 1.30. The van der Waals surface area contributed by atoms with Crippen LogP contribution >= 0.6 is 11.3 Å². The van der Waals surface area contributed by atoms with Crippen molar-refractivity contribution in [1.82, 2.24) is 14.5 Å². The normalized spacial score (nSPS) is 18.1. The minimum absolute atomic E-state index is 0.189. The van der Waals surface area contributed by atoms with E-state index in [9.17, 15) is 13.2 Å². The number of nitrogens with one attached hydrogen (secondary N) is 1. The number of rotatable bonds is 4. The van der Waals surface area contributed by atoms with Crippen LogP contribution in [0.2, 0.25) is 0 Å². The van der Waals surface area contributed by atoms with Gasteiger partial charge in [0.15, 0.2) is 10.8 Å². The Morgan fingerprint density at radius 2 is 2.13 bits per heavy atom. The Kier molecular flexibility index (Phi) is 4.58. The molecular weight excluding hydrogens is 329 g/mol. The quantitative estimate of drug-likeness (QED) is 0.921. The van der Waals surface area contributed by atoms with Crippen molar-refractivity contribution in [2.45, 2.75) is 25.1 Å². The third-order valence-electron chi connectivity index (χ3n) is 3.95. The van der Waals surface area contributed by atoms with Crippen molar-refractivity contribution in [3.8, 4) is 0 Å². The lowest BCUT2D eigenvalue weighted by molar-refractivity contribution is -0.140. The molecule has 0 radical (unpaired) electrons. The summed E-state index contributed by atoms with van der Waals surface area (Å²) >= 11 is 0.961. The van der Waals surface area contributed by atoms with Crippen molar-refractivity contribution in [3.05, 3.63) is 29.3 Å². The van der Waals surface area contributed by atoms with E-state index in [1.165, 1.54) is 0 Å². The van der Waals surface area contributed by atoms with E-state index in [4.69, 9.17) is 4.74 Å². The van der Waals surface area contributed by atoms with E-state index in [2.05, 4.69) is 15.3 Å². The highest BCUT2D eigenvalue weighted by molar-refractivity contribution is 7.13. The van der Waals surface area contributed by atoms with Gasteiger partial charge in [0, 0.05) is 38.0 Å². The maximum atomic E-state index is 12.7. The second-order valence-corrected chi connectivity index (χ2v) is 6.36. The number of thiazole rings is 1. The molecule has 126 valence electrons. The number of alkyl halides is 3. The summed E-state index contributed by atoms with van der Waals surface area (Å²) in [5.74, 6) is 1.03. The smallest absolute Gasteiger partial charge is 0.381 e. The molecule has 1 atom stereocenters. The van der Waals surface area contributed by atoms with Gasteiger partial charge >= 0.3 is 6.18 Å². The minimum atomic E-state index is -4.42.